The first kappa shape index (κ1) is 21.5. The Bertz CT molecular complexity index is 776. The predicted octanol–water partition coefficient (Wildman–Crippen LogP) is 3.76. The molecule has 0 saturated heterocycles. The van der Waals surface area contributed by atoms with Gasteiger partial charge in [0, 0.05) is 17.7 Å². The van der Waals surface area contributed by atoms with Crippen molar-refractivity contribution in [3.8, 4) is 5.69 Å². The van der Waals surface area contributed by atoms with E-state index in [0.717, 1.165) is 30.6 Å². The van der Waals surface area contributed by atoms with Gasteiger partial charge >= 0.3 is 0 Å². The Labute approximate surface area is 168 Å². The molecule has 1 fully saturated rings. The van der Waals surface area contributed by atoms with E-state index in [2.05, 4.69) is 45.1 Å². The summed E-state index contributed by atoms with van der Waals surface area (Å²) >= 11 is 0. The van der Waals surface area contributed by atoms with Gasteiger partial charge in [-0.05, 0) is 44.4 Å². The summed E-state index contributed by atoms with van der Waals surface area (Å²) in [4.78, 5) is 13.0. The Morgan fingerprint density at radius 2 is 1.93 bits per heavy atom. The van der Waals surface area contributed by atoms with Crippen LogP contribution in [0.1, 0.15) is 61.6 Å². The maximum absolute atomic E-state index is 13.0. The quantitative estimate of drug-likeness (QED) is 0.834. The zero-order valence-electron chi connectivity index (χ0n) is 16.7. The number of nitrogens with two attached hydrogens (primary N) is 1. The first-order valence-corrected chi connectivity index (χ1v) is 9.47. The molecule has 1 aliphatic carbocycles. The van der Waals surface area contributed by atoms with Gasteiger partial charge in [0.05, 0.1) is 16.9 Å². The number of nitrogens with one attached hydrogen (secondary N) is 1. The number of benzene rings is 1. The van der Waals surface area contributed by atoms with Crippen LogP contribution in [-0.4, -0.2) is 28.3 Å². The molecule has 1 heterocycles. The zero-order chi connectivity index (χ0) is 18.9. The highest BCUT2D eigenvalue weighted by Crippen LogP contribution is 2.28. The number of rotatable bonds is 4. The van der Waals surface area contributed by atoms with Crippen molar-refractivity contribution in [2.24, 2.45) is 11.7 Å². The van der Waals surface area contributed by atoms with Crippen LogP contribution < -0.4 is 11.1 Å². The summed E-state index contributed by atoms with van der Waals surface area (Å²) in [6.07, 6.45) is 5.08. The molecule has 0 radical (unpaired) electrons. The number of carbonyl (C=O) groups excluding carboxylic acids is 1. The fraction of sp³-hybridized carbons (Fsp3) is 0.524. The highest BCUT2D eigenvalue weighted by atomic mass is 35.5. The average Bonchev–Trinajstić information content (AvgIpc) is 3.21. The van der Waals surface area contributed by atoms with Crippen LogP contribution in [0.4, 0.5) is 0 Å². The summed E-state index contributed by atoms with van der Waals surface area (Å²) < 4.78 is 1.81. The molecule has 1 aromatic heterocycles. The van der Waals surface area contributed by atoms with E-state index < -0.39 is 0 Å². The lowest BCUT2D eigenvalue weighted by atomic mass is 9.89. The number of hydrogen-bond acceptors (Lipinski definition) is 3. The van der Waals surface area contributed by atoms with Crippen molar-refractivity contribution in [1.82, 2.24) is 15.1 Å². The first-order valence-electron chi connectivity index (χ1n) is 9.47. The van der Waals surface area contributed by atoms with Gasteiger partial charge in [-0.3, -0.25) is 4.79 Å². The Morgan fingerprint density at radius 3 is 2.52 bits per heavy atom. The third kappa shape index (κ3) is 4.71. The second kappa shape index (κ2) is 8.44. The zero-order valence-corrected chi connectivity index (χ0v) is 17.5. The fourth-order valence-corrected chi connectivity index (χ4v) is 3.68. The van der Waals surface area contributed by atoms with Crippen molar-refractivity contribution >= 4 is 18.3 Å². The highest BCUT2D eigenvalue weighted by molar-refractivity contribution is 5.95. The smallest absolute Gasteiger partial charge is 0.255 e. The van der Waals surface area contributed by atoms with Crippen LogP contribution in [0.5, 0.6) is 0 Å². The van der Waals surface area contributed by atoms with Crippen LogP contribution in [0.2, 0.25) is 0 Å². The SMILES string of the molecule is Cc1ccc(-n2cc(C(=O)NC3CCCC3CN)c(C(C)(C)C)n2)cc1.Cl. The van der Waals surface area contributed by atoms with E-state index in [1.54, 1.807) is 0 Å². The average molecular weight is 391 g/mol. The van der Waals surface area contributed by atoms with Gasteiger partial charge in [0.25, 0.3) is 5.91 Å². The lowest BCUT2D eigenvalue weighted by molar-refractivity contribution is 0.0926. The molecule has 2 unspecified atom stereocenters. The lowest BCUT2D eigenvalue weighted by Gasteiger charge is -2.21. The summed E-state index contributed by atoms with van der Waals surface area (Å²) in [5, 5.41) is 7.96. The second-order valence-corrected chi connectivity index (χ2v) is 8.43. The number of nitrogens with zero attached hydrogens (tertiary/aromatic N) is 2. The monoisotopic (exact) mass is 390 g/mol. The van der Waals surface area contributed by atoms with Gasteiger partial charge in [-0.25, -0.2) is 4.68 Å². The van der Waals surface area contributed by atoms with Crippen molar-refractivity contribution in [1.29, 1.82) is 0 Å². The normalized spacial score (nSPS) is 19.6. The van der Waals surface area contributed by atoms with E-state index in [4.69, 9.17) is 10.8 Å². The molecule has 3 rings (SSSR count). The van der Waals surface area contributed by atoms with Crippen LogP contribution in [0, 0.1) is 12.8 Å². The van der Waals surface area contributed by atoms with Gasteiger partial charge in [0.2, 0.25) is 0 Å². The van der Waals surface area contributed by atoms with E-state index in [0.29, 0.717) is 18.0 Å². The molecule has 5 nitrogen and oxygen atoms in total. The van der Waals surface area contributed by atoms with E-state index in [-0.39, 0.29) is 29.8 Å². The van der Waals surface area contributed by atoms with Crippen LogP contribution in [0.15, 0.2) is 30.5 Å². The number of hydrogen-bond donors (Lipinski definition) is 2. The van der Waals surface area contributed by atoms with E-state index in [1.165, 1.54) is 5.56 Å². The topological polar surface area (TPSA) is 72.9 Å². The molecule has 2 aromatic rings. The van der Waals surface area contributed by atoms with Crippen molar-refractivity contribution in [3.63, 3.8) is 0 Å². The van der Waals surface area contributed by atoms with Gasteiger partial charge in [0.1, 0.15) is 0 Å². The van der Waals surface area contributed by atoms with Gasteiger partial charge in [-0.2, -0.15) is 5.10 Å². The van der Waals surface area contributed by atoms with E-state index in [1.807, 2.05) is 23.0 Å². The molecule has 3 N–H and O–H groups in total. The molecule has 148 valence electrons. The number of carbonyl (C=O) groups is 1. The third-order valence-electron chi connectivity index (χ3n) is 5.25. The lowest BCUT2D eigenvalue weighted by Crippen LogP contribution is -2.40. The minimum absolute atomic E-state index is 0. The summed E-state index contributed by atoms with van der Waals surface area (Å²) in [6, 6.07) is 8.33. The number of aryl methyl sites for hydroxylation is 1. The molecular formula is C21H31ClN4O. The van der Waals surface area contributed by atoms with Gasteiger partial charge in [-0.15, -0.1) is 12.4 Å². The Kier molecular flexibility index (Phi) is 6.71. The number of amides is 1. The number of halogens is 1. The molecule has 1 saturated carbocycles. The predicted molar refractivity (Wildman–Crippen MR) is 112 cm³/mol. The van der Waals surface area contributed by atoms with Crippen LogP contribution in [0.3, 0.4) is 0 Å². The number of aromatic nitrogens is 2. The fourth-order valence-electron chi connectivity index (χ4n) is 3.68. The second-order valence-electron chi connectivity index (χ2n) is 8.43. The summed E-state index contributed by atoms with van der Waals surface area (Å²) in [7, 11) is 0. The Morgan fingerprint density at radius 1 is 1.26 bits per heavy atom. The molecular weight excluding hydrogens is 360 g/mol. The van der Waals surface area contributed by atoms with Crippen molar-refractivity contribution in [3.05, 3.63) is 47.3 Å². The minimum atomic E-state index is -0.217. The molecule has 27 heavy (non-hydrogen) atoms. The summed E-state index contributed by atoms with van der Waals surface area (Å²) in [5.41, 5.74) is 9.27. The van der Waals surface area contributed by atoms with Crippen molar-refractivity contribution in [2.45, 2.75) is 58.4 Å². The largest absolute Gasteiger partial charge is 0.349 e. The first-order chi connectivity index (χ1) is 12.3. The van der Waals surface area contributed by atoms with Crippen LogP contribution in [0.25, 0.3) is 5.69 Å². The molecule has 6 heteroatoms. The molecule has 0 spiro atoms. The molecule has 2 atom stereocenters. The van der Waals surface area contributed by atoms with Crippen molar-refractivity contribution in [2.75, 3.05) is 6.54 Å². The maximum Gasteiger partial charge on any atom is 0.255 e. The minimum Gasteiger partial charge on any atom is -0.349 e. The van der Waals surface area contributed by atoms with Gasteiger partial charge in [-0.1, -0.05) is 44.9 Å². The Hall–Kier alpha value is -1.85. The summed E-state index contributed by atoms with van der Waals surface area (Å²) in [5.74, 6) is 0.336. The third-order valence-corrected chi connectivity index (χ3v) is 5.25. The van der Waals surface area contributed by atoms with Crippen LogP contribution >= 0.6 is 12.4 Å². The molecule has 0 bridgehead atoms. The van der Waals surface area contributed by atoms with E-state index >= 15 is 0 Å². The maximum atomic E-state index is 13.0. The molecule has 1 aromatic carbocycles. The van der Waals surface area contributed by atoms with E-state index in [9.17, 15) is 4.79 Å². The van der Waals surface area contributed by atoms with Crippen molar-refractivity contribution < 1.29 is 4.79 Å². The molecule has 1 aliphatic rings. The highest BCUT2D eigenvalue weighted by Gasteiger charge is 2.31. The molecule has 0 aliphatic heterocycles. The van der Waals surface area contributed by atoms with Crippen LogP contribution in [-0.2, 0) is 5.41 Å². The Balaban J connectivity index is 0.00000261. The van der Waals surface area contributed by atoms with Gasteiger partial charge < -0.3 is 11.1 Å². The standard InChI is InChI=1S/C21H30N4O.ClH/c1-14-8-10-16(11-9-14)25-13-17(19(24-25)21(2,3)4)20(26)23-18-7-5-6-15(18)12-22;/h8-11,13,15,18H,5-7,12,22H2,1-4H3,(H,23,26);1H. The summed E-state index contributed by atoms with van der Waals surface area (Å²) in [6.45, 7) is 8.94. The molecule has 1 amide bonds. The van der Waals surface area contributed by atoms with Gasteiger partial charge in [0.15, 0.2) is 0 Å².